The second-order valence-electron chi connectivity index (χ2n) is 4.25. The Bertz CT molecular complexity index is 724. The Morgan fingerprint density at radius 1 is 1.10 bits per heavy atom. The number of benzene rings is 2. The van der Waals surface area contributed by atoms with E-state index >= 15 is 0 Å². The number of hydrogen-bond acceptors (Lipinski definition) is 3. The standard InChI is InChI=1S/C16H12BrNOS/c1-19-12-7-8-13(14(17)9-12)15-10-20-16(18-15)11-5-3-2-4-6-11/h2-10H,1H3. The van der Waals surface area contributed by atoms with Crippen LogP contribution in [0, 0.1) is 0 Å². The number of nitrogens with zero attached hydrogens (tertiary/aromatic N) is 1. The Kier molecular flexibility index (Phi) is 3.85. The van der Waals surface area contributed by atoms with E-state index in [2.05, 4.69) is 33.4 Å². The predicted octanol–water partition coefficient (Wildman–Crippen LogP) is 5.25. The van der Waals surface area contributed by atoms with Crippen molar-refractivity contribution in [2.75, 3.05) is 7.11 Å². The normalized spacial score (nSPS) is 10.5. The molecule has 0 saturated carbocycles. The number of aromatic nitrogens is 1. The lowest BCUT2D eigenvalue weighted by molar-refractivity contribution is 0.414. The van der Waals surface area contributed by atoms with Gasteiger partial charge in [0.05, 0.1) is 12.8 Å². The van der Waals surface area contributed by atoms with Crippen LogP contribution in [0.15, 0.2) is 58.4 Å². The minimum absolute atomic E-state index is 0.833. The largest absolute Gasteiger partial charge is 0.497 e. The van der Waals surface area contributed by atoms with Gasteiger partial charge in [-0.1, -0.05) is 30.3 Å². The van der Waals surface area contributed by atoms with Gasteiger partial charge in [0.2, 0.25) is 0 Å². The smallest absolute Gasteiger partial charge is 0.124 e. The van der Waals surface area contributed by atoms with Crippen LogP contribution < -0.4 is 4.74 Å². The summed E-state index contributed by atoms with van der Waals surface area (Å²) in [4.78, 5) is 4.71. The number of thiazole rings is 1. The molecule has 0 spiro atoms. The van der Waals surface area contributed by atoms with Gasteiger partial charge in [0.15, 0.2) is 0 Å². The van der Waals surface area contributed by atoms with Gasteiger partial charge < -0.3 is 4.74 Å². The monoisotopic (exact) mass is 345 g/mol. The minimum atomic E-state index is 0.833. The number of hydrogen-bond donors (Lipinski definition) is 0. The lowest BCUT2D eigenvalue weighted by Gasteiger charge is -2.04. The summed E-state index contributed by atoms with van der Waals surface area (Å²) >= 11 is 5.23. The molecule has 0 fully saturated rings. The summed E-state index contributed by atoms with van der Waals surface area (Å²) in [5, 5.41) is 3.11. The summed E-state index contributed by atoms with van der Waals surface area (Å²) in [7, 11) is 1.66. The zero-order valence-electron chi connectivity index (χ0n) is 10.8. The summed E-state index contributed by atoms with van der Waals surface area (Å²) in [6.07, 6.45) is 0. The topological polar surface area (TPSA) is 22.1 Å². The molecule has 3 aromatic rings. The van der Waals surface area contributed by atoms with Gasteiger partial charge in [0.1, 0.15) is 10.8 Å². The van der Waals surface area contributed by atoms with Crippen LogP contribution in [0.4, 0.5) is 0 Å². The molecule has 1 heterocycles. The molecular formula is C16H12BrNOS. The van der Waals surface area contributed by atoms with Crippen molar-refractivity contribution >= 4 is 27.3 Å². The van der Waals surface area contributed by atoms with Crippen molar-refractivity contribution in [1.29, 1.82) is 0 Å². The van der Waals surface area contributed by atoms with E-state index in [9.17, 15) is 0 Å². The van der Waals surface area contributed by atoms with Crippen molar-refractivity contribution in [2.24, 2.45) is 0 Å². The Labute approximate surface area is 130 Å². The van der Waals surface area contributed by atoms with Gasteiger partial charge >= 0.3 is 0 Å². The molecule has 20 heavy (non-hydrogen) atoms. The van der Waals surface area contributed by atoms with E-state index in [4.69, 9.17) is 9.72 Å². The van der Waals surface area contributed by atoms with E-state index in [1.165, 1.54) is 0 Å². The lowest BCUT2D eigenvalue weighted by Crippen LogP contribution is -1.85. The van der Waals surface area contributed by atoms with Gasteiger partial charge in [0.25, 0.3) is 0 Å². The fraction of sp³-hybridized carbons (Fsp3) is 0.0625. The molecule has 100 valence electrons. The van der Waals surface area contributed by atoms with Crippen LogP contribution in [-0.4, -0.2) is 12.1 Å². The molecule has 0 bridgehead atoms. The molecule has 0 aliphatic rings. The predicted molar refractivity (Wildman–Crippen MR) is 87.2 cm³/mol. The number of ether oxygens (including phenoxy) is 1. The van der Waals surface area contributed by atoms with Crippen LogP contribution in [0.25, 0.3) is 21.8 Å². The van der Waals surface area contributed by atoms with Crippen LogP contribution in [-0.2, 0) is 0 Å². The molecule has 0 aliphatic carbocycles. The molecule has 0 aliphatic heterocycles. The molecule has 2 aromatic carbocycles. The van der Waals surface area contributed by atoms with Gasteiger partial charge in [-0.3, -0.25) is 0 Å². The maximum Gasteiger partial charge on any atom is 0.124 e. The van der Waals surface area contributed by atoms with E-state index in [-0.39, 0.29) is 0 Å². The number of rotatable bonds is 3. The molecule has 0 amide bonds. The van der Waals surface area contributed by atoms with Crippen LogP contribution in [0.3, 0.4) is 0 Å². The van der Waals surface area contributed by atoms with E-state index in [0.717, 1.165) is 32.1 Å². The molecule has 0 unspecified atom stereocenters. The quantitative estimate of drug-likeness (QED) is 0.646. The molecule has 0 saturated heterocycles. The Morgan fingerprint density at radius 3 is 2.60 bits per heavy atom. The summed E-state index contributed by atoms with van der Waals surface area (Å²) in [5.41, 5.74) is 3.20. The van der Waals surface area contributed by atoms with E-state index < -0.39 is 0 Å². The van der Waals surface area contributed by atoms with Crippen molar-refractivity contribution in [1.82, 2.24) is 4.98 Å². The molecule has 2 nitrogen and oxygen atoms in total. The van der Waals surface area contributed by atoms with E-state index in [1.807, 2.05) is 36.4 Å². The third-order valence-corrected chi connectivity index (χ3v) is 4.52. The minimum Gasteiger partial charge on any atom is -0.497 e. The molecule has 3 rings (SSSR count). The van der Waals surface area contributed by atoms with Crippen LogP contribution >= 0.6 is 27.3 Å². The van der Waals surface area contributed by atoms with Gasteiger partial charge in [0, 0.05) is 21.0 Å². The second kappa shape index (κ2) is 5.77. The maximum atomic E-state index is 5.21. The van der Waals surface area contributed by atoms with Crippen LogP contribution in [0.2, 0.25) is 0 Å². The van der Waals surface area contributed by atoms with Crippen molar-refractivity contribution in [3.8, 4) is 27.6 Å². The molecule has 0 radical (unpaired) electrons. The highest BCUT2D eigenvalue weighted by Crippen LogP contribution is 2.34. The lowest BCUT2D eigenvalue weighted by atomic mass is 10.1. The highest BCUT2D eigenvalue weighted by atomic mass is 79.9. The zero-order valence-corrected chi connectivity index (χ0v) is 13.2. The first-order valence-corrected chi connectivity index (χ1v) is 7.80. The molecular weight excluding hydrogens is 334 g/mol. The summed E-state index contributed by atoms with van der Waals surface area (Å²) in [6.45, 7) is 0. The fourth-order valence-electron chi connectivity index (χ4n) is 1.94. The summed E-state index contributed by atoms with van der Waals surface area (Å²) < 4.78 is 6.20. The van der Waals surface area contributed by atoms with Crippen molar-refractivity contribution in [3.05, 3.63) is 58.4 Å². The van der Waals surface area contributed by atoms with Crippen LogP contribution in [0.1, 0.15) is 0 Å². The molecule has 0 atom stereocenters. The van der Waals surface area contributed by atoms with Gasteiger partial charge in [-0.2, -0.15) is 0 Å². The second-order valence-corrected chi connectivity index (χ2v) is 5.96. The molecule has 0 N–H and O–H groups in total. The fourth-order valence-corrected chi connectivity index (χ4v) is 3.33. The first-order valence-electron chi connectivity index (χ1n) is 6.13. The zero-order chi connectivity index (χ0) is 13.9. The van der Waals surface area contributed by atoms with Gasteiger partial charge in [-0.15, -0.1) is 11.3 Å². The highest BCUT2D eigenvalue weighted by Gasteiger charge is 2.10. The number of methoxy groups -OCH3 is 1. The van der Waals surface area contributed by atoms with Crippen LogP contribution in [0.5, 0.6) is 5.75 Å². The third kappa shape index (κ3) is 2.62. The first-order chi connectivity index (χ1) is 9.78. The Morgan fingerprint density at radius 2 is 1.90 bits per heavy atom. The molecule has 1 aromatic heterocycles. The van der Waals surface area contributed by atoms with Gasteiger partial charge in [-0.05, 0) is 34.1 Å². The third-order valence-electron chi connectivity index (χ3n) is 2.98. The van der Waals surface area contributed by atoms with E-state index in [0.29, 0.717) is 0 Å². The average Bonchev–Trinajstić information content (AvgIpc) is 2.97. The van der Waals surface area contributed by atoms with Crippen molar-refractivity contribution < 1.29 is 4.74 Å². The maximum absolute atomic E-state index is 5.21. The molecule has 4 heteroatoms. The van der Waals surface area contributed by atoms with Gasteiger partial charge in [-0.25, -0.2) is 4.98 Å². The van der Waals surface area contributed by atoms with Crippen molar-refractivity contribution in [3.63, 3.8) is 0 Å². The summed E-state index contributed by atoms with van der Waals surface area (Å²) in [5.74, 6) is 0.833. The number of halogens is 1. The van der Waals surface area contributed by atoms with Crippen molar-refractivity contribution in [2.45, 2.75) is 0 Å². The summed E-state index contributed by atoms with van der Waals surface area (Å²) in [6, 6.07) is 16.1. The SMILES string of the molecule is COc1ccc(-c2csc(-c3ccccc3)n2)c(Br)c1. The first kappa shape index (κ1) is 13.3. The average molecular weight is 346 g/mol. The Balaban J connectivity index is 1.98. The van der Waals surface area contributed by atoms with E-state index in [1.54, 1.807) is 18.4 Å². The Hall–Kier alpha value is -1.65. The highest BCUT2D eigenvalue weighted by molar-refractivity contribution is 9.10.